The van der Waals surface area contributed by atoms with E-state index in [1.165, 1.54) is 18.7 Å². The van der Waals surface area contributed by atoms with Crippen LogP contribution in [-0.4, -0.2) is 30.6 Å². The van der Waals surface area contributed by atoms with Gasteiger partial charge in [-0.3, -0.25) is 4.79 Å². The maximum Gasteiger partial charge on any atom is 0.409 e. The number of nitrogens with zero attached hydrogens (tertiary/aromatic N) is 1. The van der Waals surface area contributed by atoms with Crippen molar-refractivity contribution in [3.05, 3.63) is 75.8 Å². The third kappa shape index (κ3) is 4.73. The molecule has 2 amide bonds. The molecule has 1 N–H and O–H groups in total. The van der Waals surface area contributed by atoms with Crippen LogP contribution in [0, 0.1) is 0 Å². The first-order valence-corrected chi connectivity index (χ1v) is 9.53. The number of carbonyl (C=O) groups is 2. The molecule has 2 aromatic rings. The van der Waals surface area contributed by atoms with E-state index in [-0.39, 0.29) is 18.0 Å². The monoisotopic (exact) mass is 398 g/mol. The van der Waals surface area contributed by atoms with Gasteiger partial charge in [-0.25, -0.2) is 4.79 Å². The topological polar surface area (TPSA) is 58.6 Å². The number of amides is 2. The quantitative estimate of drug-likeness (QED) is 0.778. The molecule has 0 radical (unpaired) electrons. The number of hydrogen-bond donors (Lipinski definition) is 1. The van der Waals surface area contributed by atoms with Crippen molar-refractivity contribution < 1.29 is 14.3 Å². The Kier molecular flexibility index (Phi) is 6.37. The van der Waals surface area contributed by atoms with Gasteiger partial charge >= 0.3 is 6.09 Å². The normalized spacial score (nSPS) is 14.5. The number of carbonyl (C=O) groups excluding carboxylic acids is 2. The number of hydrogen-bond acceptors (Lipinski definition) is 3. The van der Waals surface area contributed by atoms with Gasteiger partial charge in [-0.1, -0.05) is 48.0 Å². The zero-order valence-corrected chi connectivity index (χ0v) is 16.7. The molecule has 0 saturated heterocycles. The smallest absolute Gasteiger partial charge is 0.409 e. The van der Waals surface area contributed by atoms with Gasteiger partial charge in [0.15, 0.2) is 0 Å². The summed E-state index contributed by atoms with van der Waals surface area (Å²) < 4.78 is 4.82. The number of benzene rings is 2. The molecule has 5 nitrogen and oxygen atoms in total. The number of fused-ring (bicyclic) bond motifs is 1. The lowest BCUT2D eigenvalue weighted by Crippen LogP contribution is -2.36. The molecule has 1 atom stereocenters. The molecule has 2 aromatic carbocycles. The molecule has 1 aliphatic rings. The van der Waals surface area contributed by atoms with Crippen LogP contribution in [0.5, 0.6) is 0 Å². The summed E-state index contributed by atoms with van der Waals surface area (Å²) in [5, 5.41) is 3.57. The summed E-state index contributed by atoms with van der Waals surface area (Å²) >= 11 is 6.10. The second-order valence-corrected chi connectivity index (χ2v) is 7.16. The Hall–Kier alpha value is -2.79. The second-order valence-electron chi connectivity index (χ2n) is 6.75. The predicted octanol–water partition coefficient (Wildman–Crippen LogP) is 4.36. The molecular weight excluding hydrogens is 376 g/mol. The van der Waals surface area contributed by atoms with E-state index in [0.29, 0.717) is 18.1 Å². The van der Waals surface area contributed by atoms with Crippen LogP contribution >= 0.6 is 11.6 Å². The largest absolute Gasteiger partial charge is 0.453 e. The number of rotatable bonds is 4. The minimum Gasteiger partial charge on any atom is -0.453 e. The molecule has 6 heteroatoms. The summed E-state index contributed by atoms with van der Waals surface area (Å²) in [5.41, 5.74) is 4.09. The van der Waals surface area contributed by atoms with Gasteiger partial charge in [0.2, 0.25) is 5.91 Å². The van der Waals surface area contributed by atoms with Gasteiger partial charge in [0.25, 0.3) is 0 Å². The number of halogens is 1. The Morgan fingerprint density at radius 3 is 2.75 bits per heavy atom. The lowest BCUT2D eigenvalue weighted by atomic mass is 9.95. The van der Waals surface area contributed by atoms with Crippen molar-refractivity contribution in [1.82, 2.24) is 10.2 Å². The Morgan fingerprint density at radius 1 is 1.21 bits per heavy atom. The van der Waals surface area contributed by atoms with Crippen LogP contribution in [-0.2, 0) is 22.5 Å². The van der Waals surface area contributed by atoms with Crippen molar-refractivity contribution in [2.75, 3.05) is 13.7 Å². The molecule has 1 unspecified atom stereocenters. The maximum atomic E-state index is 12.3. The second kappa shape index (κ2) is 8.93. The van der Waals surface area contributed by atoms with Crippen molar-refractivity contribution in [2.45, 2.75) is 25.9 Å². The van der Waals surface area contributed by atoms with Gasteiger partial charge in [-0.05, 0) is 47.7 Å². The SMILES string of the molecule is COC(=O)N1CCc2ccc(C(C)NC(=O)/C=C/c3ccccc3Cl)cc2C1. The van der Waals surface area contributed by atoms with Crippen LogP contribution in [0.3, 0.4) is 0 Å². The van der Waals surface area contributed by atoms with Crippen molar-refractivity contribution in [3.63, 3.8) is 0 Å². The van der Waals surface area contributed by atoms with Crippen LogP contribution < -0.4 is 5.32 Å². The highest BCUT2D eigenvalue weighted by Crippen LogP contribution is 2.24. The third-order valence-electron chi connectivity index (χ3n) is 4.85. The van der Waals surface area contributed by atoms with E-state index in [0.717, 1.165) is 23.1 Å². The van der Waals surface area contributed by atoms with E-state index in [1.54, 1.807) is 17.0 Å². The minimum absolute atomic E-state index is 0.165. The van der Waals surface area contributed by atoms with Crippen LogP contribution in [0.25, 0.3) is 6.08 Å². The Morgan fingerprint density at radius 2 is 2.00 bits per heavy atom. The summed E-state index contributed by atoms with van der Waals surface area (Å²) in [6.07, 6.45) is 3.66. The van der Waals surface area contributed by atoms with Gasteiger partial charge in [-0.15, -0.1) is 0 Å². The molecule has 0 bridgehead atoms. The highest BCUT2D eigenvalue weighted by molar-refractivity contribution is 6.32. The molecule has 28 heavy (non-hydrogen) atoms. The Bertz CT molecular complexity index is 910. The molecule has 1 aliphatic heterocycles. The molecular formula is C22H23ClN2O3. The lowest BCUT2D eigenvalue weighted by Gasteiger charge is -2.28. The average molecular weight is 399 g/mol. The van der Waals surface area contributed by atoms with Gasteiger partial charge in [0.1, 0.15) is 0 Å². The molecule has 3 rings (SSSR count). The van der Waals surface area contributed by atoms with E-state index in [2.05, 4.69) is 11.4 Å². The third-order valence-corrected chi connectivity index (χ3v) is 5.20. The van der Waals surface area contributed by atoms with Crippen LogP contribution in [0.1, 0.15) is 35.2 Å². The first-order valence-electron chi connectivity index (χ1n) is 9.15. The molecule has 0 aliphatic carbocycles. The molecule has 1 heterocycles. The Labute approximate surface area is 169 Å². The minimum atomic E-state index is -0.317. The van der Waals surface area contributed by atoms with E-state index >= 15 is 0 Å². The molecule has 0 saturated carbocycles. The molecule has 0 fully saturated rings. The van der Waals surface area contributed by atoms with Crippen LogP contribution in [0.4, 0.5) is 4.79 Å². The maximum absolute atomic E-state index is 12.3. The highest BCUT2D eigenvalue weighted by Gasteiger charge is 2.22. The first-order chi connectivity index (χ1) is 13.5. The average Bonchev–Trinajstić information content (AvgIpc) is 2.71. The summed E-state index contributed by atoms with van der Waals surface area (Å²) in [7, 11) is 1.39. The molecule has 146 valence electrons. The highest BCUT2D eigenvalue weighted by atomic mass is 35.5. The van der Waals surface area contributed by atoms with Crippen molar-refractivity contribution in [3.8, 4) is 0 Å². The summed E-state index contributed by atoms with van der Waals surface area (Å²) in [4.78, 5) is 25.7. The van der Waals surface area contributed by atoms with E-state index < -0.39 is 0 Å². The van der Waals surface area contributed by atoms with Gasteiger partial charge in [-0.2, -0.15) is 0 Å². The summed E-state index contributed by atoms with van der Waals surface area (Å²) in [5.74, 6) is -0.193. The zero-order valence-electron chi connectivity index (χ0n) is 15.9. The lowest BCUT2D eigenvalue weighted by molar-refractivity contribution is -0.117. The Balaban J connectivity index is 1.66. The first kappa shape index (κ1) is 20.0. The predicted molar refractivity (Wildman–Crippen MR) is 110 cm³/mol. The van der Waals surface area contributed by atoms with Crippen LogP contribution in [0.2, 0.25) is 5.02 Å². The van der Waals surface area contributed by atoms with E-state index in [9.17, 15) is 9.59 Å². The fourth-order valence-corrected chi connectivity index (χ4v) is 3.45. The fraction of sp³-hybridized carbons (Fsp3) is 0.273. The van der Waals surface area contributed by atoms with Gasteiger partial charge in [0, 0.05) is 24.2 Å². The summed E-state index contributed by atoms with van der Waals surface area (Å²) in [6, 6.07) is 13.3. The molecule has 0 aromatic heterocycles. The zero-order chi connectivity index (χ0) is 20.1. The van der Waals surface area contributed by atoms with E-state index in [4.69, 9.17) is 16.3 Å². The number of methoxy groups -OCH3 is 1. The van der Waals surface area contributed by atoms with Gasteiger partial charge in [0.05, 0.1) is 13.2 Å². The number of ether oxygens (including phenoxy) is 1. The van der Waals surface area contributed by atoms with Crippen molar-refractivity contribution >= 4 is 29.7 Å². The standard InChI is InChI=1S/C22H23ClN2O3/c1-15(24-21(26)10-9-17-5-3-4-6-20(17)23)18-8-7-16-11-12-25(22(27)28-2)14-19(16)13-18/h3-10,13,15H,11-12,14H2,1-2H3,(H,24,26)/b10-9+. The molecule has 0 spiro atoms. The summed E-state index contributed by atoms with van der Waals surface area (Å²) in [6.45, 7) is 3.10. The fourth-order valence-electron chi connectivity index (χ4n) is 3.25. The van der Waals surface area contributed by atoms with Crippen molar-refractivity contribution in [2.24, 2.45) is 0 Å². The number of nitrogens with one attached hydrogen (secondary N) is 1. The van der Waals surface area contributed by atoms with E-state index in [1.807, 2.05) is 37.3 Å². The van der Waals surface area contributed by atoms with Gasteiger partial charge < -0.3 is 15.0 Å². The van der Waals surface area contributed by atoms with Crippen molar-refractivity contribution in [1.29, 1.82) is 0 Å². The van der Waals surface area contributed by atoms with Crippen LogP contribution in [0.15, 0.2) is 48.5 Å².